The van der Waals surface area contributed by atoms with Crippen molar-refractivity contribution in [1.29, 1.82) is 0 Å². The lowest BCUT2D eigenvalue weighted by Gasteiger charge is -2.24. The zero-order valence-corrected chi connectivity index (χ0v) is 32.3. The third kappa shape index (κ3) is 8.75. The third-order valence-electron chi connectivity index (χ3n) is 7.26. The molecule has 0 aliphatic rings. The summed E-state index contributed by atoms with van der Waals surface area (Å²) >= 11 is 5.39. The largest absolute Gasteiger partial charge is 0.464 e. The summed E-state index contributed by atoms with van der Waals surface area (Å²) in [4.78, 5) is 61.4. The van der Waals surface area contributed by atoms with Gasteiger partial charge in [-0.15, -0.1) is 45.3 Å². The number of pyridine rings is 1. The number of esters is 2. The van der Waals surface area contributed by atoms with E-state index in [0.717, 1.165) is 10.6 Å². The molecule has 0 aliphatic carbocycles. The number of rotatable bonds is 11. The lowest BCUT2D eigenvalue weighted by atomic mass is 10.1. The van der Waals surface area contributed by atoms with Crippen molar-refractivity contribution in [2.45, 2.75) is 52.9 Å². The van der Waals surface area contributed by atoms with Crippen LogP contribution in [0.25, 0.3) is 43.4 Å². The highest BCUT2D eigenvalue weighted by molar-refractivity contribution is 7.14. The summed E-state index contributed by atoms with van der Waals surface area (Å²) in [6.07, 6.45) is -0.508. The van der Waals surface area contributed by atoms with Gasteiger partial charge in [-0.25, -0.2) is 39.3 Å². The van der Waals surface area contributed by atoms with Crippen LogP contribution < -0.4 is 5.32 Å². The quantitative estimate of drug-likeness (QED) is 0.0991. The van der Waals surface area contributed by atoms with E-state index in [-0.39, 0.29) is 30.0 Å². The molecule has 1 aromatic carbocycles. The predicted molar refractivity (Wildman–Crippen MR) is 203 cm³/mol. The van der Waals surface area contributed by atoms with Gasteiger partial charge in [-0.2, -0.15) is 0 Å². The van der Waals surface area contributed by atoms with Gasteiger partial charge in [-0.05, 0) is 44.4 Å². The molecule has 0 saturated heterocycles. The van der Waals surface area contributed by atoms with Crippen molar-refractivity contribution in [3.05, 3.63) is 85.9 Å². The smallest absolute Gasteiger partial charge is 0.408 e. The van der Waals surface area contributed by atoms with Crippen molar-refractivity contribution in [1.82, 2.24) is 30.2 Å². The highest BCUT2D eigenvalue weighted by Crippen LogP contribution is 2.38. The van der Waals surface area contributed by atoms with Crippen molar-refractivity contribution in [2.75, 3.05) is 7.11 Å². The lowest BCUT2D eigenvalue weighted by molar-refractivity contribution is 0.0463. The first-order valence-corrected chi connectivity index (χ1v) is 19.5. The maximum Gasteiger partial charge on any atom is 0.408 e. The molecule has 12 nitrogen and oxygen atoms in total. The van der Waals surface area contributed by atoms with E-state index < -0.39 is 23.6 Å². The molecular weight excluding hydrogens is 741 g/mol. The van der Waals surface area contributed by atoms with Gasteiger partial charge < -0.3 is 19.5 Å². The van der Waals surface area contributed by atoms with Crippen LogP contribution in [0.3, 0.4) is 0 Å². The molecule has 1 N–H and O–H groups in total. The first kappa shape index (κ1) is 36.9. The zero-order chi connectivity index (χ0) is 37.0. The van der Waals surface area contributed by atoms with E-state index in [1.54, 1.807) is 16.8 Å². The van der Waals surface area contributed by atoms with E-state index in [1.807, 2.05) is 81.8 Å². The molecule has 1 unspecified atom stereocenters. The number of alkyl carbamates (subject to hydrolysis) is 1. The number of hydrogen-bond donors (Lipinski definition) is 1. The summed E-state index contributed by atoms with van der Waals surface area (Å²) in [7, 11) is 1.30. The van der Waals surface area contributed by atoms with Gasteiger partial charge in [0.25, 0.3) is 0 Å². The summed E-state index contributed by atoms with van der Waals surface area (Å²) in [5.41, 5.74) is 3.52. The fourth-order valence-corrected chi connectivity index (χ4v) is 8.24. The molecule has 52 heavy (non-hydrogen) atoms. The van der Waals surface area contributed by atoms with Crippen LogP contribution in [0.2, 0.25) is 0 Å². The van der Waals surface area contributed by atoms with Crippen LogP contribution >= 0.6 is 45.3 Å². The fourth-order valence-electron chi connectivity index (χ4n) is 4.80. The zero-order valence-electron chi connectivity index (χ0n) is 29.0. The second-order valence-corrected chi connectivity index (χ2v) is 16.2. The molecule has 16 heteroatoms. The van der Waals surface area contributed by atoms with Gasteiger partial charge in [0.15, 0.2) is 11.4 Å². The van der Waals surface area contributed by atoms with Gasteiger partial charge in [0, 0.05) is 27.1 Å². The van der Waals surface area contributed by atoms with E-state index in [0.29, 0.717) is 43.4 Å². The Morgan fingerprint density at radius 2 is 1.38 bits per heavy atom. The number of carbonyl (C=O) groups is 3. The molecule has 0 fully saturated rings. The first-order valence-electron chi connectivity index (χ1n) is 16.0. The number of amides is 1. The number of ether oxygens (including phenoxy) is 3. The SMILES string of the molecule is COC(=O)c1csc(-c2ccc(-c3nc(C(=O)OCc4ccccc4)cs3)c(-c3csc(-c4csc(C(NC(=O)OC(C)(C)C)C(C)C)n4)n3)n2)n1. The van der Waals surface area contributed by atoms with Crippen LogP contribution in [0.1, 0.15) is 72.2 Å². The Bertz CT molecular complexity index is 2200. The first-order chi connectivity index (χ1) is 24.9. The van der Waals surface area contributed by atoms with Crippen LogP contribution in [-0.4, -0.2) is 55.7 Å². The van der Waals surface area contributed by atoms with Crippen LogP contribution in [0.15, 0.2) is 64.0 Å². The van der Waals surface area contributed by atoms with Crippen LogP contribution in [0.4, 0.5) is 4.79 Å². The van der Waals surface area contributed by atoms with Gasteiger partial charge in [-0.3, -0.25) is 0 Å². The molecule has 1 atom stereocenters. The number of aromatic nitrogens is 5. The van der Waals surface area contributed by atoms with E-state index in [1.165, 1.54) is 52.5 Å². The average Bonchev–Trinajstić information content (AvgIpc) is 3.95. The minimum absolute atomic E-state index is 0.0530. The number of methoxy groups -OCH3 is 1. The number of nitrogens with one attached hydrogen (secondary N) is 1. The van der Waals surface area contributed by atoms with Gasteiger partial charge in [0.05, 0.1) is 18.8 Å². The van der Waals surface area contributed by atoms with E-state index >= 15 is 0 Å². The fraction of sp³-hybridized carbons (Fsp3) is 0.278. The highest BCUT2D eigenvalue weighted by atomic mass is 32.1. The van der Waals surface area contributed by atoms with Gasteiger partial charge in [-0.1, -0.05) is 44.2 Å². The summed E-state index contributed by atoms with van der Waals surface area (Å²) in [6.45, 7) is 9.60. The molecule has 0 aliphatic heterocycles. The average molecular weight is 775 g/mol. The number of hydrogen-bond acceptors (Lipinski definition) is 15. The normalized spacial score (nSPS) is 12.1. The number of thiazole rings is 4. The summed E-state index contributed by atoms with van der Waals surface area (Å²) in [5, 5.41) is 12.5. The van der Waals surface area contributed by atoms with Crippen molar-refractivity contribution >= 4 is 63.4 Å². The molecule has 268 valence electrons. The van der Waals surface area contributed by atoms with Crippen molar-refractivity contribution < 1.29 is 28.6 Å². The molecule has 0 bridgehead atoms. The van der Waals surface area contributed by atoms with Crippen LogP contribution in [-0.2, 0) is 20.8 Å². The number of nitrogens with zero attached hydrogens (tertiary/aromatic N) is 5. The topological polar surface area (TPSA) is 155 Å². The van der Waals surface area contributed by atoms with E-state index in [9.17, 15) is 14.4 Å². The molecule has 0 saturated carbocycles. The Labute approximate surface area is 315 Å². The van der Waals surface area contributed by atoms with Gasteiger partial charge in [0.2, 0.25) is 0 Å². The number of benzene rings is 1. The Kier molecular flexibility index (Phi) is 11.2. The molecule has 1 amide bonds. The van der Waals surface area contributed by atoms with Crippen molar-refractivity contribution in [3.8, 4) is 43.4 Å². The summed E-state index contributed by atoms with van der Waals surface area (Å²) < 4.78 is 15.8. The maximum atomic E-state index is 12.9. The van der Waals surface area contributed by atoms with E-state index in [2.05, 4.69) is 15.3 Å². The van der Waals surface area contributed by atoms with Gasteiger partial charge in [0.1, 0.15) is 49.3 Å². The molecule has 5 aromatic heterocycles. The number of carbonyl (C=O) groups excluding carboxylic acids is 3. The van der Waals surface area contributed by atoms with Crippen molar-refractivity contribution in [2.24, 2.45) is 5.92 Å². The predicted octanol–water partition coefficient (Wildman–Crippen LogP) is 8.94. The Balaban J connectivity index is 1.31. The summed E-state index contributed by atoms with van der Waals surface area (Å²) in [5.74, 6) is -1.02. The highest BCUT2D eigenvalue weighted by Gasteiger charge is 2.26. The Morgan fingerprint density at radius 1 is 0.731 bits per heavy atom. The molecule has 6 aromatic rings. The molecule has 5 heterocycles. The molecule has 6 rings (SSSR count). The van der Waals surface area contributed by atoms with Gasteiger partial charge >= 0.3 is 18.0 Å². The standard InChI is InChI=1S/C36H34N6O6S4/c1-19(2)27(42-35(45)48-36(3,4)5)32-39-24(16-52-32)31-38-23(15-50-31)28-21(12-13-22(37-28)30-41-25(17-51-30)33(43)46-6)29-40-26(18-49-29)34(44)47-14-20-10-8-7-9-11-20/h7-13,15-19,27H,14H2,1-6H3,(H,42,45). The maximum absolute atomic E-state index is 12.9. The summed E-state index contributed by atoms with van der Waals surface area (Å²) in [6, 6.07) is 12.7. The minimum Gasteiger partial charge on any atom is -0.464 e. The Morgan fingerprint density at radius 3 is 2.10 bits per heavy atom. The molecular formula is C36H34N6O6S4. The molecule has 0 radical (unpaired) electrons. The lowest BCUT2D eigenvalue weighted by Crippen LogP contribution is -2.36. The molecule has 0 spiro atoms. The third-order valence-corrected chi connectivity index (χ3v) is 10.8. The van der Waals surface area contributed by atoms with E-state index in [4.69, 9.17) is 29.2 Å². The Hall–Kier alpha value is -4.90. The monoisotopic (exact) mass is 774 g/mol. The van der Waals surface area contributed by atoms with Crippen molar-refractivity contribution in [3.63, 3.8) is 0 Å². The minimum atomic E-state index is -0.629. The second-order valence-electron chi connectivity index (χ2n) is 12.7. The second kappa shape index (κ2) is 15.8. The van der Waals surface area contributed by atoms with Crippen LogP contribution in [0.5, 0.6) is 0 Å². The van der Waals surface area contributed by atoms with Crippen LogP contribution in [0, 0.1) is 5.92 Å².